The Bertz CT molecular complexity index is 205. The summed E-state index contributed by atoms with van der Waals surface area (Å²) in [4.78, 5) is 2.74. The average Bonchev–Trinajstić information content (AvgIpc) is 3.02. The normalized spacial score (nSPS) is 24.9. The first-order valence-corrected chi connectivity index (χ1v) is 7.15. The monoisotopic (exact) mass is 224 g/mol. The summed E-state index contributed by atoms with van der Waals surface area (Å²) >= 11 is 0. The zero-order valence-corrected chi connectivity index (χ0v) is 11.1. The molecule has 0 aromatic rings. The molecule has 0 atom stereocenters. The van der Waals surface area contributed by atoms with E-state index < -0.39 is 0 Å². The molecule has 1 heterocycles. The topological polar surface area (TPSA) is 15.3 Å². The van der Waals surface area contributed by atoms with E-state index in [0.717, 1.165) is 5.92 Å². The van der Waals surface area contributed by atoms with Gasteiger partial charge in [0.05, 0.1) is 0 Å². The van der Waals surface area contributed by atoms with Gasteiger partial charge in [0.25, 0.3) is 0 Å². The molecule has 1 aliphatic carbocycles. The van der Waals surface area contributed by atoms with Gasteiger partial charge in [-0.2, -0.15) is 0 Å². The van der Waals surface area contributed by atoms with E-state index >= 15 is 0 Å². The van der Waals surface area contributed by atoms with Crippen LogP contribution in [0.5, 0.6) is 0 Å². The minimum Gasteiger partial charge on any atom is -0.317 e. The molecule has 2 rings (SSSR count). The van der Waals surface area contributed by atoms with E-state index in [1.807, 2.05) is 0 Å². The molecule has 1 aliphatic heterocycles. The summed E-state index contributed by atoms with van der Waals surface area (Å²) in [5.41, 5.74) is 0.579. The van der Waals surface area contributed by atoms with Crippen LogP contribution in [0.15, 0.2) is 0 Å². The SMILES string of the molecule is CCCN(CC1CC1)CC1(C)CCNCC1. The van der Waals surface area contributed by atoms with Crippen LogP contribution in [-0.4, -0.2) is 37.6 Å². The van der Waals surface area contributed by atoms with Crippen LogP contribution < -0.4 is 5.32 Å². The van der Waals surface area contributed by atoms with Crippen molar-refractivity contribution in [2.24, 2.45) is 11.3 Å². The van der Waals surface area contributed by atoms with Gasteiger partial charge in [-0.15, -0.1) is 0 Å². The second kappa shape index (κ2) is 5.50. The molecule has 0 bridgehead atoms. The summed E-state index contributed by atoms with van der Waals surface area (Å²) < 4.78 is 0. The molecule has 1 saturated heterocycles. The number of nitrogens with zero attached hydrogens (tertiary/aromatic N) is 1. The highest BCUT2D eigenvalue weighted by atomic mass is 15.1. The second-order valence-corrected chi connectivity index (χ2v) is 6.24. The summed E-state index contributed by atoms with van der Waals surface area (Å²) in [5, 5.41) is 3.48. The van der Waals surface area contributed by atoms with E-state index in [2.05, 4.69) is 24.1 Å². The molecule has 0 amide bonds. The highest BCUT2D eigenvalue weighted by molar-refractivity contribution is 4.86. The van der Waals surface area contributed by atoms with Gasteiger partial charge >= 0.3 is 0 Å². The summed E-state index contributed by atoms with van der Waals surface area (Å²) in [6.07, 6.45) is 6.99. The van der Waals surface area contributed by atoms with E-state index in [4.69, 9.17) is 0 Å². The maximum absolute atomic E-state index is 3.48. The van der Waals surface area contributed by atoms with E-state index in [9.17, 15) is 0 Å². The Hall–Kier alpha value is -0.0800. The molecule has 0 radical (unpaired) electrons. The van der Waals surface area contributed by atoms with Crippen LogP contribution in [0.1, 0.15) is 46.0 Å². The van der Waals surface area contributed by atoms with E-state index in [-0.39, 0.29) is 0 Å². The van der Waals surface area contributed by atoms with E-state index in [0.29, 0.717) is 5.41 Å². The van der Waals surface area contributed by atoms with Crippen molar-refractivity contribution in [1.29, 1.82) is 0 Å². The first kappa shape index (κ1) is 12.4. The van der Waals surface area contributed by atoms with Gasteiger partial charge in [-0.3, -0.25) is 0 Å². The molecule has 2 aliphatic rings. The molecule has 2 nitrogen and oxygen atoms in total. The molecule has 0 spiro atoms. The molecular formula is C14H28N2. The van der Waals surface area contributed by atoms with E-state index in [1.165, 1.54) is 64.8 Å². The van der Waals surface area contributed by atoms with Crippen LogP contribution in [-0.2, 0) is 0 Å². The first-order chi connectivity index (χ1) is 7.72. The first-order valence-electron chi connectivity index (χ1n) is 7.15. The van der Waals surface area contributed by atoms with Crippen molar-refractivity contribution in [2.75, 3.05) is 32.7 Å². The maximum Gasteiger partial charge on any atom is 0.00364 e. The summed E-state index contributed by atoms with van der Waals surface area (Å²) in [5.74, 6) is 1.04. The van der Waals surface area contributed by atoms with Gasteiger partial charge in [-0.1, -0.05) is 13.8 Å². The number of rotatable bonds is 6. The lowest BCUT2D eigenvalue weighted by Crippen LogP contribution is -2.43. The Morgan fingerprint density at radius 1 is 1.25 bits per heavy atom. The van der Waals surface area contributed by atoms with Crippen LogP contribution in [0.3, 0.4) is 0 Å². The molecular weight excluding hydrogens is 196 g/mol. The number of nitrogens with one attached hydrogen (secondary N) is 1. The van der Waals surface area contributed by atoms with Crippen molar-refractivity contribution in [2.45, 2.75) is 46.0 Å². The molecule has 0 unspecified atom stereocenters. The third kappa shape index (κ3) is 3.74. The van der Waals surface area contributed by atoms with Gasteiger partial charge in [0, 0.05) is 13.1 Å². The highest BCUT2D eigenvalue weighted by Crippen LogP contribution is 2.33. The predicted octanol–water partition coefficient (Wildman–Crippen LogP) is 2.50. The molecule has 0 aromatic heterocycles. The van der Waals surface area contributed by atoms with E-state index in [1.54, 1.807) is 0 Å². The highest BCUT2D eigenvalue weighted by Gasteiger charge is 2.31. The van der Waals surface area contributed by atoms with Gasteiger partial charge in [0.1, 0.15) is 0 Å². The van der Waals surface area contributed by atoms with Crippen LogP contribution in [0.2, 0.25) is 0 Å². The minimum absolute atomic E-state index is 0.579. The predicted molar refractivity (Wildman–Crippen MR) is 69.7 cm³/mol. The van der Waals surface area contributed by atoms with Gasteiger partial charge < -0.3 is 10.2 Å². The fourth-order valence-corrected chi connectivity index (χ4v) is 2.94. The molecule has 2 fully saturated rings. The number of hydrogen-bond acceptors (Lipinski definition) is 2. The fourth-order valence-electron chi connectivity index (χ4n) is 2.94. The van der Waals surface area contributed by atoms with Crippen molar-refractivity contribution in [3.8, 4) is 0 Å². The average molecular weight is 224 g/mol. The Labute approximate surface area is 101 Å². The zero-order valence-electron chi connectivity index (χ0n) is 11.1. The zero-order chi connectivity index (χ0) is 11.4. The molecule has 1 saturated carbocycles. The van der Waals surface area contributed by atoms with Crippen LogP contribution >= 0.6 is 0 Å². The molecule has 0 aromatic carbocycles. The van der Waals surface area contributed by atoms with Crippen molar-refractivity contribution in [3.05, 3.63) is 0 Å². The van der Waals surface area contributed by atoms with Crippen LogP contribution in [0, 0.1) is 11.3 Å². The summed E-state index contributed by atoms with van der Waals surface area (Å²) in [7, 11) is 0. The third-order valence-corrected chi connectivity index (χ3v) is 4.17. The van der Waals surface area contributed by atoms with Crippen molar-refractivity contribution >= 4 is 0 Å². The lowest BCUT2D eigenvalue weighted by atomic mass is 9.80. The largest absolute Gasteiger partial charge is 0.317 e. The number of piperidine rings is 1. The maximum atomic E-state index is 3.48. The Morgan fingerprint density at radius 2 is 1.94 bits per heavy atom. The van der Waals surface area contributed by atoms with Gasteiger partial charge in [0.15, 0.2) is 0 Å². The smallest absolute Gasteiger partial charge is 0.00364 e. The Kier molecular flexibility index (Phi) is 4.26. The summed E-state index contributed by atoms with van der Waals surface area (Å²) in [6, 6.07) is 0. The third-order valence-electron chi connectivity index (χ3n) is 4.17. The lowest BCUT2D eigenvalue weighted by Gasteiger charge is -2.38. The molecule has 1 N–H and O–H groups in total. The van der Waals surface area contributed by atoms with Crippen molar-refractivity contribution < 1.29 is 0 Å². The number of hydrogen-bond donors (Lipinski definition) is 1. The Morgan fingerprint density at radius 3 is 2.50 bits per heavy atom. The van der Waals surface area contributed by atoms with Gasteiger partial charge in [-0.25, -0.2) is 0 Å². The molecule has 94 valence electrons. The van der Waals surface area contributed by atoms with Gasteiger partial charge in [0.2, 0.25) is 0 Å². The Balaban J connectivity index is 1.81. The fraction of sp³-hybridized carbons (Fsp3) is 1.00. The summed E-state index contributed by atoms with van der Waals surface area (Å²) in [6.45, 7) is 11.3. The molecule has 16 heavy (non-hydrogen) atoms. The van der Waals surface area contributed by atoms with Crippen molar-refractivity contribution in [3.63, 3.8) is 0 Å². The van der Waals surface area contributed by atoms with Gasteiger partial charge in [-0.05, 0) is 63.1 Å². The second-order valence-electron chi connectivity index (χ2n) is 6.24. The minimum atomic E-state index is 0.579. The van der Waals surface area contributed by atoms with Crippen molar-refractivity contribution in [1.82, 2.24) is 10.2 Å². The van der Waals surface area contributed by atoms with Crippen LogP contribution in [0.4, 0.5) is 0 Å². The molecule has 2 heteroatoms. The quantitative estimate of drug-likeness (QED) is 0.746. The standard InChI is InChI=1S/C14H28N2/c1-3-10-16(11-13-4-5-13)12-14(2)6-8-15-9-7-14/h13,15H,3-12H2,1-2H3. The van der Waals surface area contributed by atoms with Crippen LogP contribution in [0.25, 0.3) is 0 Å². The lowest BCUT2D eigenvalue weighted by molar-refractivity contribution is 0.124.